The predicted molar refractivity (Wildman–Crippen MR) is 68.2 cm³/mol. The van der Waals surface area contributed by atoms with Gasteiger partial charge in [0.2, 0.25) is 0 Å². The molecule has 1 saturated heterocycles. The second kappa shape index (κ2) is 6.58. The van der Waals surface area contributed by atoms with E-state index in [2.05, 4.69) is 5.32 Å². The van der Waals surface area contributed by atoms with Crippen LogP contribution in [0.2, 0.25) is 0 Å². The fourth-order valence-electron chi connectivity index (χ4n) is 2.26. The number of carbonyl (C=O) groups excluding carboxylic acids is 1. The Morgan fingerprint density at radius 3 is 2.33 bits per heavy atom. The summed E-state index contributed by atoms with van der Waals surface area (Å²) in [4.78, 5) is 23.7. The number of urea groups is 1. The van der Waals surface area contributed by atoms with Gasteiger partial charge in [0.15, 0.2) is 0 Å². The molecule has 1 aliphatic rings. The topological polar surface area (TPSA) is 95.7 Å². The lowest BCUT2D eigenvalue weighted by Gasteiger charge is -2.33. The highest BCUT2D eigenvalue weighted by Gasteiger charge is 2.26. The SMILES string of the molecule is CC(C)CC(NC1CCN(C(N)=O)CC1)C(=O)O. The van der Waals surface area contributed by atoms with Crippen LogP contribution in [0.1, 0.15) is 33.1 Å². The molecule has 6 heteroatoms. The second-order valence-corrected chi connectivity index (χ2v) is 5.29. The smallest absolute Gasteiger partial charge is 0.320 e. The van der Waals surface area contributed by atoms with Gasteiger partial charge in [0.1, 0.15) is 6.04 Å². The van der Waals surface area contributed by atoms with Gasteiger partial charge in [-0.1, -0.05) is 13.8 Å². The maximum atomic E-state index is 11.1. The third kappa shape index (κ3) is 4.52. The summed E-state index contributed by atoms with van der Waals surface area (Å²) in [6.07, 6.45) is 2.13. The molecule has 0 saturated carbocycles. The van der Waals surface area contributed by atoms with Crippen LogP contribution in [0.3, 0.4) is 0 Å². The minimum absolute atomic E-state index is 0.153. The first kappa shape index (κ1) is 14.8. The second-order valence-electron chi connectivity index (χ2n) is 5.29. The average Bonchev–Trinajstić information content (AvgIpc) is 2.28. The summed E-state index contributed by atoms with van der Waals surface area (Å²) >= 11 is 0. The van der Waals surface area contributed by atoms with Crippen LogP contribution < -0.4 is 11.1 Å². The van der Waals surface area contributed by atoms with Crippen LogP contribution in [0.4, 0.5) is 4.79 Å². The number of nitrogens with two attached hydrogens (primary N) is 1. The lowest BCUT2D eigenvalue weighted by Crippen LogP contribution is -2.51. The molecule has 6 nitrogen and oxygen atoms in total. The van der Waals surface area contributed by atoms with E-state index in [1.54, 1.807) is 4.90 Å². The van der Waals surface area contributed by atoms with E-state index in [-0.39, 0.29) is 6.04 Å². The van der Waals surface area contributed by atoms with E-state index in [1.807, 2.05) is 13.8 Å². The van der Waals surface area contributed by atoms with Crippen molar-refractivity contribution in [3.05, 3.63) is 0 Å². The molecule has 0 aliphatic carbocycles. The first-order valence-electron chi connectivity index (χ1n) is 6.43. The molecule has 0 spiro atoms. The van der Waals surface area contributed by atoms with Crippen LogP contribution >= 0.6 is 0 Å². The zero-order valence-electron chi connectivity index (χ0n) is 11.1. The van der Waals surface area contributed by atoms with Crippen LogP contribution in [0.25, 0.3) is 0 Å². The van der Waals surface area contributed by atoms with E-state index in [1.165, 1.54) is 0 Å². The molecule has 1 rings (SSSR count). The Morgan fingerprint density at radius 1 is 1.39 bits per heavy atom. The van der Waals surface area contributed by atoms with E-state index < -0.39 is 18.0 Å². The summed E-state index contributed by atoms with van der Waals surface area (Å²) in [7, 11) is 0. The number of likely N-dealkylation sites (tertiary alicyclic amines) is 1. The van der Waals surface area contributed by atoms with E-state index in [0.29, 0.717) is 25.4 Å². The molecule has 0 aromatic carbocycles. The molecular weight excluding hydrogens is 234 g/mol. The molecule has 1 fully saturated rings. The molecular formula is C12H23N3O3. The maximum Gasteiger partial charge on any atom is 0.320 e. The van der Waals surface area contributed by atoms with Gasteiger partial charge in [-0.3, -0.25) is 4.79 Å². The molecule has 1 unspecified atom stereocenters. The number of carbonyl (C=O) groups is 2. The van der Waals surface area contributed by atoms with Gasteiger partial charge in [0.25, 0.3) is 0 Å². The van der Waals surface area contributed by atoms with Gasteiger partial charge >= 0.3 is 12.0 Å². The van der Waals surface area contributed by atoms with Crippen molar-refractivity contribution in [3.63, 3.8) is 0 Å². The van der Waals surface area contributed by atoms with E-state index in [0.717, 1.165) is 12.8 Å². The Morgan fingerprint density at radius 2 is 1.94 bits per heavy atom. The Hall–Kier alpha value is -1.30. The first-order chi connectivity index (χ1) is 8.40. The van der Waals surface area contributed by atoms with Crippen molar-refractivity contribution in [2.45, 2.75) is 45.2 Å². The summed E-state index contributed by atoms with van der Waals surface area (Å²) in [5.74, 6) is -0.467. The van der Waals surface area contributed by atoms with E-state index in [9.17, 15) is 9.59 Å². The number of nitrogens with zero attached hydrogens (tertiary/aromatic N) is 1. The number of primary amides is 1. The molecule has 0 aromatic rings. The third-order valence-corrected chi connectivity index (χ3v) is 3.25. The van der Waals surface area contributed by atoms with Crippen molar-refractivity contribution < 1.29 is 14.7 Å². The van der Waals surface area contributed by atoms with Gasteiger partial charge in [-0.05, 0) is 25.2 Å². The number of nitrogens with one attached hydrogen (secondary N) is 1. The van der Waals surface area contributed by atoms with Gasteiger partial charge in [-0.15, -0.1) is 0 Å². The fraction of sp³-hybridized carbons (Fsp3) is 0.833. The Balaban J connectivity index is 2.42. The van der Waals surface area contributed by atoms with Crippen LogP contribution in [-0.4, -0.2) is 47.2 Å². The number of carboxylic acid groups (broad SMARTS) is 1. The van der Waals surface area contributed by atoms with Crippen LogP contribution in [0.5, 0.6) is 0 Å². The molecule has 1 aliphatic heterocycles. The molecule has 18 heavy (non-hydrogen) atoms. The van der Waals surface area contributed by atoms with Crippen molar-refractivity contribution in [2.24, 2.45) is 11.7 Å². The molecule has 0 bridgehead atoms. The summed E-state index contributed by atoms with van der Waals surface area (Å²) < 4.78 is 0. The van der Waals surface area contributed by atoms with E-state index in [4.69, 9.17) is 10.8 Å². The van der Waals surface area contributed by atoms with Crippen molar-refractivity contribution >= 4 is 12.0 Å². The summed E-state index contributed by atoms with van der Waals surface area (Å²) in [6, 6.07) is -0.749. The minimum Gasteiger partial charge on any atom is -0.480 e. The average molecular weight is 257 g/mol. The summed E-state index contributed by atoms with van der Waals surface area (Å²) in [6.45, 7) is 5.21. The molecule has 104 valence electrons. The van der Waals surface area contributed by atoms with E-state index >= 15 is 0 Å². The number of aliphatic carboxylic acids is 1. The predicted octanol–water partition coefficient (Wildman–Crippen LogP) is 0.618. The van der Waals surface area contributed by atoms with Gasteiger partial charge < -0.3 is 21.1 Å². The van der Waals surface area contributed by atoms with Crippen LogP contribution in [0.15, 0.2) is 0 Å². The number of hydrogen-bond acceptors (Lipinski definition) is 3. The Labute approximate surface area is 108 Å². The summed E-state index contributed by atoms with van der Waals surface area (Å²) in [5, 5.41) is 12.3. The van der Waals surface area contributed by atoms with Crippen molar-refractivity contribution in [2.75, 3.05) is 13.1 Å². The number of hydrogen-bond donors (Lipinski definition) is 3. The highest BCUT2D eigenvalue weighted by molar-refractivity contribution is 5.73. The monoisotopic (exact) mass is 257 g/mol. The van der Waals surface area contributed by atoms with Crippen LogP contribution in [-0.2, 0) is 4.79 Å². The van der Waals surface area contributed by atoms with Gasteiger partial charge in [-0.25, -0.2) is 4.79 Å². The molecule has 1 atom stereocenters. The molecule has 2 amide bonds. The first-order valence-corrected chi connectivity index (χ1v) is 6.43. The molecule has 0 aromatic heterocycles. The fourth-order valence-corrected chi connectivity index (χ4v) is 2.26. The Bertz CT molecular complexity index is 299. The Kier molecular flexibility index (Phi) is 5.40. The number of amides is 2. The van der Waals surface area contributed by atoms with Crippen molar-refractivity contribution in [1.82, 2.24) is 10.2 Å². The number of piperidine rings is 1. The number of carboxylic acids is 1. The summed E-state index contributed by atoms with van der Waals surface area (Å²) in [5.41, 5.74) is 5.20. The molecule has 4 N–H and O–H groups in total. The van der Waals surface area contributed by atoms with Crippen LogP contribution in [0, 0.1) is 5.92 Å². The van der Waals surface area contributed by atoms with Gasteiger partial charge in [0.05, 0.1) is 0 Å². The standard InChI is InChI=1S/C12H23N3O3/c1-8(2)7-10(11(16)17)14-9-3-5-15(6-4-9)12(13)18/h8-10,14H,3-7H2,1-2H3,(H2,13,18)(H,16,17). The lowest BCUT2D eigenvalue weighted by molar-refractivity contribution is -0.140. The third-order valence-electron chi connectivity index (χ3n) is 3.25. The molecule has 1 heterocycles. The normalized spacial score (nSPS) is 18.9. The highest BCUT2D eigenvalue weighted by Crippen LogP contribution is 2.13. The lowest BCUT2D eigenvalue weighted by atomic mass is 9.99. The number of rotatable bonds is 5. The highest BCUT2D eigenvalue weighted by atomic mass is 16.4. The largest absolute Gasteiger partial charge is 0.480 e. The zero-order valence-corrected chi connectivity index (χ0v) is 11.1. The van der Waals surface area contributed by atoms with Crippen molar-refractivity contribution in [3.8, 4) is 0 Å². The van der Waals surface area contributed by atoms with Crippen molar-refractivity contribution in [1.29, 1.82) is 0 Å². The minimum atomic E-state index is -0.805. The van der Waals surface area contributed by atoms with Gasteiger partial charge in [0, 0.05) is 19.1 Å². The zero-order chi connectivity index (χ0) is 13.7. The van der Waals surface area contributed by atoms with Gasteiger partial charge in [-0.2, -0.15) is 0 Å². The maximum absolute atomic E-state index is 11.1. The quantitative estimate of drug-likeness (QED) is 0.672. The molecule has 0 radical (unpaired) electrons.